The van der Waals surface area contributed by atoms with Crippen molar-refractivity contribution in [3.8, 4) is 5.75 Å². The highest BCUT2D eigenvalue weighted by atomic mass is 32.2. The molecule has 0 aromatic heterocycles. The van der Waals surface area contributed by atoms with Crippen molar-refractivity contribution in [2.24, 2.45) is 0 Å². The van der Waals surface area contributed by atoms with Crippen molar-refractivity contribution in [2.75, 3.05) is 6.61 Å². The van der Waals surface area contributed by atoms with Gasteiger partial charge in [0, 0.05) is 12.1 Å². The number of aryl methyl sites for hydroxylation is 1. The maximum Gasteiger partial charge on any atom is 0.277 e. The smallest absolute Gasteiger partial charge is 0.277 e. The minimum atomic E-state index is -4.23. The molecule has 5 rings (SSSR count). The lowest BCUT2D eigenvalue weighted by Crippen LogP contribution is -2.46. The first-order valence-corrected chi connectivity index (χ1v) is 16.8. The molecule has 1 aliphatic heterocycles. The number of nitro benzene ring substituents is 2. The van der Waals surface area contributed by atoms with Crippen molar-refractivity contribution in [1.29, 1.82) is 0 Å². The number of sulfonamides is 1. The summed E-state index contributed by atoms with van der Waals surface area (Å²) in [7, 11) is -4.23. The Hall–Kier alpha value is -5.67. The van der Waals surface area contributed by atoms with Gasteiger partial charge in [-0.15, -0.1) is 0 Å². The summed E-state index contributed by atoms with van der Waals surface area (Å²) in [5.41, 5.74) is 0.141. The van der Waals surface area contributed by atoms with E-state index in [0.717, 1.165) is 46.6 Å². The normalized spacial score (nSPS) is 14.6. The molecular formula is C34H33N5O9S. The highest BCUT2D eigenvalue weighted by molar-refractivity contribution is 7.89. The van der Waals surface area contributed by atoms with Gasteiger partial charge >= 0.3 is 0 Å². The van der Waals surface area contributed by atoms with Crippen molar-refractivity contribution in [2.45, 2.75) is 50.2 Å². The predicted molar refractivity (Wildman–Crippen MR) is 178 cm³/mol. The van der Waals surface area contributed by atoms with E-state index in [1.54, 1.807) is 73.7 Å². The number of hydrogen-bond acceptors (Lipinski definition) is 9. The standard InChI is InChI=1S/C34H33N5O9S/c1-3-4-18-48-29-14-12-25(13-15-29)32-36(33(40)26-20-27(38(42)43)22-28(21-26)39(44)45)37(32)34(41)31(19-24-8-6-5-7-9-24)35-49(46,47)30-16-10-23(2)11-17-30/h5-17,20-22,31-32,35H,3-4,18-19H2,1-2H3/t31-,32+,36?,37?/m0/s1. The van der Waals surface area contributed by atoms with Gasteiger partial charge < -0.3 is 4.74 Å². The molecule has 4 aromatic rings. The fourth-order valence-electron chi connectivity index (χ4n) is 5.18. The van der Waals surface area contributed by atoms with E-state index in [1.165, 1.54) is 12.1 Å². The molecule has 1 aliphatic rings. The third kappa shape index (κ3) is 8.08. The molecule has 15 heteroatoms. The Morgan fingerprint density at radius 3 is 2.06 bits per heavy atom. The number of nitrogens with zero attached hydrogens (tertiary/aromatic N) is 4. The number of hydrogen-bond donors (Lipinski definition) is 1. The van der Waals surface area contributed by atoms with Gasteiger partial charge in [0.25, 0.3) is 23.2 Å². The van der Waals surface area contributed by atoms with Crippen LogP contribution in [-0.4, -0.2) is 52.7 Å². The summed E-state index contributed by atoms with van der Waals surface area (Å²) in [5, 5.41) is 25.2. The maximum absolute atomic E-state index is 14.4. The molecular weight excluding hydrogens is 654 g/mol. The molecule has 1 heterocycles. The molecule has 0 bridgehead atoms. The van der Waals surface area contributed by atoms with Crippen molar-refractivity contribution < 1.29 is 32.6 Å². The Morgan fingerprint density at radius 2 is 1.49 bits per heavy atom. The van der Waals surface area contributed by atoms with Gasteiger partial charge in [-0.2, -0.15) is 4.72 Å². The number of benzene rings is 4. The van der Waals surface area contributed by atoms with Gasteiger partial charge in [0.1, 0.15) is 11.8 Å². The van der Waals surface area contributed by atoms with E-state index in [0.29, 0.717) is 23.5 Å². The number of hydrazine groups is 1. The highest BCUT2D eigenvalue weighted by Crippen LogP contribution is 2.44. The molecule has 0 spiro atoms. The lowest BCUT2D eigenvalue weighted by molar-refractivity contribution is -0.394. The molecule has 4 aromatic carbocycles. The summed E-state index contributed by atoms with van der Waals surface area (Å²) in [4.78, 5) is 49.6. The fraction of sp³-hybridized carbons (Fsp3) is 0.235. The van der Waals surface area contributed by atoms with Crippen LogP contribution in [0.15, 0.2) is 102 Å². The lowest BCUT2D eigenvalue weighted by Gasteiger charge is -2.19. The van der Waals surface area contributed by atoms with Gasteiger partial charge in [0.05, 0.1) is 33.0 Å². The van der Waals surface area contributed by atoms with E-state index in [-0.39, 0.29) is 11.3 Å². The van der Waals surface area contributed by atoms with Crippen molar-refractivity contribution >= 4 is 33.2 Å². The van der Waals surface area contributed by atoms with E-state index >= 15 is 0 Å². The number of nitro groups is 2. The number of ether oxygens (including phenoxy) is 1. The number of carbonyl (C=O) groups excluding carboxylic acids is 2. The predicted octanol–water partition coefficient (Wildman–Crippen LogP) is 5.48. The first-order chi connectivity index (χ1) is 23.4. The Morgan fingerprint density at radius 1 is 0.878 bits per heavy atom. The van der Waals surface area contributed by atoms with Crippen LogP contribution in [-0.2, 0) is 21.2 Å². The molecule has 0 saturated carbocycles. The zero-order valence-electron chi connectivity index (χ0n) is 26.6. The van der Waals surface area contributed by atoms with E-state index in [4.69, 9.17) is 4.74 Å². The van der Waals surface area contributed by atoms with Gasteiger partial charge in [-0.25, -0.2) is 18.4 Å². The molecule has 254 valence electrons. The van der Waals surface area contributed by atoms with Crippen LogP contribution in [0.2, 0.25) is 0 Å². The average Bonchev–Trinajstić information content (AvgIpc) is 3.83. The molecule has 2 atom stereocenters. The quantitative estimate of drug-likeness (QED) is 0.0777. The number of nitrogens with one attached hydrogen (secondary N) is 1. The van der Waals surface area contributed by atoms with Crippen molar-refractivity contribution in [1.82, 2.24) is 14.7 Å². The largest absolute Gasteiger partial charge is 0.494 e. The summed E-state index contributed by atoms with van der Waals surface area (Å²) in [5.74, 6) is -1.18. The fourth-order valence-corrected chi connectivity index (χ4v) is 6.37. The van der Waals surface area contributed by atoms with Crippen LogP contribution in [0, 0.1) is 27.2 Å². The maximum atomic E-state index is 14.4. The summed E-state index contributed by atoms with van der Waals surface area (Å²) >= 11 is 0. The van der Waals surface area contributed by atoms with E-state index in [1.807, 2.05) is 6.92 Å². The third-order valence-corrected chi connectivity index (χ3v) is 9.29. The summed E-state index contributed by atoms with van der Waals surface area (Å²) in [6.07, 6.45) is 0.626. The Kier molecular flexibility index (Phi) is 10.3. The van der Waals surface area contributed by atoms with E-state index in [2.05, 4.69) is 4.72 Å². The zero-order valence-corrected chi connectivity index (χ0v) is 27.4. The van der Waals surface area contributed by atoms with Crippen molar-refractivity contribution in [3.05, 3.63) is 140 Å². The lowest BCUT2D eigenvalue weighted by atomic mass is 10.1. The summed E-state index contributed by atoms with van der Waals surface area (Å²) in [6.45, 7) is 4.32. The van der Waals surface area contributed by atoms with Gasteiger partial charge in [0.2, 0.25) is 10.0 Å². The van der Waals surface area contributed by atoms with Gasteiger partial charge in [-0.05, 0) is 55.2 Å². The first-order valence-electron chi connectivity index (χ1n) is 15.4. The average molecular weight is 688 g/mol. The second kappa shape index (κ2) is 14.6. The minimum absolute atomic E-state index is 0.0678. The zero-order chi connectivity index (χ0) is 35.3. The van der Waals surface area contributed by atoms with Crippen LogP contribution < -0.4 is 9.46 Å². The molecule has 0 radical (unpaired) electrons. The van der Waals surface area contributed by atoms with Crippen LogP contribution in [0.4, 0.5) is 11.4 Å². The van der Waals surface area contributed by atoms with Crippen LogP contribution in [0.25, 0.3) is 0 Å². The molecule has 2 amide bonds. The molecule has 0 aliphatic carbocycles. The molecule has 0 unspecified atom stereocenters. The van der Waals surface area contributed by atoms with E-state index < -0.39 is 60.8 Å². The van der Waals surface area contributed by atoms with Crippen LogP contribution in [0.1, 0.15) is 53.0 Å². The number of amides is 2. The molecule has 49 heavy (non-hydrogen) atoms. The van der Waals surface area contributed by atoms with Gasteiger partial charge in [-0.3, -0.25) is 29.8 Å². The number of rotatable bonds is 14. The molecule has 1 fully saturated rings. The minimum Gasteiger partial charge on any atom is -0.494 e. The summed E-state index contributed by atoms with van der Waals surface area (Å²) in [6, 6.07) is 22.5. The highest BCUT2D eigenvalue weighted by Gasteiger charge is 2.55. The van der Waals surface area contributed by atoms with Crippen molar-refractivity contribution in [3.63, 3.8) is 0 Å². The third-order valence-electron chi connectivity index (χ3n) is 7.80. The van der Waals surface area contributed by atoms with Crippen LogP contribution >= 0.6 is 0 Å². The van der Waals surface area contributed by atoms with Gasteiger partial charge in [0.15, 0.2) is 6.17 Å². The monoisotopic (exact) mass is 687 g/mol. The van der Waals surface area contributed by atoms with Crippen LogP contribution in [0.3, 0.4) is 0 Å². The number of non-ortho nitro benzene ring substituents is 2. The van der Waals surface area contributed by atoms with Gasteiger partial charge in [-0.1, -0.05) is 73.5 Å². The topological polar surface area (TPSA) is 182 Å². The Labute approximate surface area is 282 Å². The van der Waals surface area contributed by atoms with Crippen LogP contribution in [0.5, 0.6) is 5.75 Å². The molecule has 1 N–H and O–H groups in total. The number of unbranched alkanes of at least 4 members (excludes halogenated alkanes) is 1. The second-order valence-electron chi connectivity index (χ2n) is 11.4. The van der Waals surface area contributed by atoms with E-state index in [9.17, 15) is 38.2 Å². The summed E-state index contributed by atoms with van der Waals surface area (Å²) < 4.78 is 35.3. The molecule has 14 nitrogen and oxygen atoms in total. The number of carbonyl (C=O) groups is 2. The second-order valence-corrected chi connectivity index (χ2v) is 13.1. The Balaban J connectivity index is 1.54. The first kappa shape index (κ1) is 34.7. The molecule has 1 saturated heterocycles. The Bertz CT molecular complexity index is 1940. The SMILES string of the molecule is CCCCOc1ccc([C@@H]2N(C(=O)c3cc([N+](=O)[O-])cc([N+](=O)[O-])c3)N2C(=O)[C@H](Cc2ccccc2)NS(=O)(=O)c2ccc(C)cc2)cc1.